The largest absolute Gasteiger partial charge is 0.493 e. The average molecular weight is 801 g/mol. The molecule has 10 nitrogen and oxygen atoms in total. The number of fused-ring (bicyclic) bond motifs is 1. The number of carboxylic acid groups (broad SMARTS) is 1. The van der Waals surface area contributed by atoms with Gasteiger partial charge in [0, 0.05) is 0 Å². The van der Waals surface area contributed by atoms with E-state index in [9.17, 15) is 14.4 Å². The molecule has 1 aliphatic heterocycles. The normalized spacial score (nSPS) is 14.4. The number of carbonyl (C=O) groups excluding carboxylic acids is 1. The molecule has 0 unspecified atom stereocenters. The summed E-state index contributed by atoms with van der Waals surface area (Å²) in [7, 11) is 1.54. The Morgan fingerprint density at radius 1 is 1.06 bits per heavy atom. The predicted molar refractivity (Wildman–Crippen MR) is 189 cm³/mol. The first kappa shape index (κ1) is 35.1. The summed E-state index contributed by atoms with van der Waals surface area (Å²) in [5, 5.41) is 9.13. The van der Waals surface area contributed by atoms with Crippen molar-refractivity contribution < 1.29 is 33.6 Å². The molecule has 1 aliphatic rings. The molecule has 48 heavy (non-hydrogen) atoms. The fourth-order valence-corrected chi connectivity index (χ4v) is 7.66. The lowest BCUT2D eigenvalue weighted by Crippen LogP contribution is -2.40. The molecule has 5 rings (SSSR count). The number of ether oxygens (including phenoxy) is 4. The van der Waals surface area contributed by atoms with Crippen molar-refractivity contribution in [3.8, 4) is 17.2 Å². The van der Waals surface area contributed by atoms with Crippen LogP contribution >= 0.6 is 43.2 Å². The topological polar surface area (TPSA) is 126 Å². The van der Waals surface area contributed by atoms with Crippen molar-refractivity contribution in [1.82, 2.24) is 4.57 Å². The highest BCUT2D eigenvalue weighted by Crippen LogP contribution is 2.37. The molecule has 3 aromatic carbocycles. The number of esters is 1. The number of hydrogen-bond acceptors (Lipinski definition) is 9. The minimum atomic E-state index is -0.993. The number of methoxy groups -OCH3 is 1. The Morgan fingerprint density at radius 2 is 1.75 bits per heavy atom. The number of hydrogen-bond donors (Lipinski definition) is 1. The van der Waals surface area contributed by atoms with Gasteiger partial charge in [-0.25, -0.2) is 14.6 Å². The number of halogens is 2. The van der Waals surface area contributed by atoms with Crippen LogP contribution in [0.3, 0.4) is 0 Å². The summed E-state index contributed by atoms with van der Waals surface area (Å²) < 4.78 is 26.2. The highest BCUT2D eigenvalue weighted by Gasteiger charge is 2.34. The van der Waals surface area contributed by atoms with Gasteiger partial charge in [-0.3, -0.25) is 9.36 Å². The molecule has 0 bridgehead atoms. The number of aromatic carboxylic acids is 1. The van der Waals surface area contributed by atoms with Gasteiger partial charge in [-0.15, -0.1) is 0 Å². The summed E-state index contributed by atoms with van der Waals surface area (Å²) in [6.07, 6.45) is 1.67. The van der Waals surface area contributed by atoms with E-state index < -0.39 is 18.0 Å². The van der Waals surface area contributed by atoms with Crippen LogP contribution in [0.15, 0.2) is 84.6 Å². The van der Waals surface area contributed by atoms with E-state index >= 15 is 0 Å². The molecule has 0 fully saturated rings. The van der Waals surface area contributed by atoms with Crippen molar-refractivity contribution in [2.24, 2.45) is 4.99 Å². The van der Waals surface area contributed by atoms with Crippen LogP contribution in [0.4, 0.5) is 0 Å². The molecule has 0 saturated carbocycles. The Morgan fingerprint density at radius 3 is 2.35 bits per heavy atom. The molecule has 1 N–H and O–H groups in total. The molecule has 0 spiro atoms. The molecule has 1 atom stereocenters. The number of benzene rings is 3. The molecule has 0 radical (unpaired) electrons. The summed E-state index contributed by atoms with van der Waals surface area (Å²) in [5.41, 5.74) is 2.75. The van der Waals surface area contributed by atoms with E-state index in [1.807, 2.05) is 32.0 Å². The highest BCUT2D eigenvalue weighted by atomic mass is 79.9. The lowest BCUT2D eigenvalue weighted by atomic mass is 9.95. The van der Waals surface area contributed by atoms with Gasteiger partial charge in [0.25, 0.3) is 5.56 Å². The van der Waals surface area contributed by atoms with E-state index in [2.05, 4.69) is 36.9 Å². The maximum absolute atomic E-state index is 14.1. The third kappa shape index (κ3) is 7.43. The van der Waals surface area contributed by atoms with Gasteiger partial charge in [0.15, 0.2) is 16.3 Å². The number of carboxylic acids is 1. The van der Waals surface area contributed by atoms with Gasteiger partial charge in [-0.2, -0.15) is 0 Å². The van der Waals surface area contributed by atoms with Crippen LogP contribution in [0.5, 0.6) is 17.2 Å². The second kappa shape index (κ2) is 14.9. The fraction of sp³-hybridized carbons (Fsp3) is 0.257. The molecule has 13 heteroatoms. The maximum Gasteiger partial charge on any atom is 0.338 e. The fourth-order valence-electron chi connectivity index (χ4n) is 5.16. The molecule has 1 aromatic heterocycles. The van der Waals surface area contributed by atoms with Gasteiger partial charge < -0.3 is 24.1 Å². The molecule has 2 heterocycles. The zero-order chi connectivity index (χ0) is 34.7. The SMILES string of the molecule is CCOC(=O)C1=C(C)N=c2s/c(=C\c3cc(Br)c(OCc4ccc(C(=O)O)cc4)c(Br)c3)c(=O)n2[C@H]1c1ccc(OC(C)C)c(OC)c1. The number of nitrogens with zero attached hydrogens (tertiary/aromatic N) is 2. The quantitative estimate of drug-likeness (QED) is 0.173. The smallest absolute Gasteiger partial charge is 0.338 e. The zero-order valence-electron chi connectivity index (χ0n) is 26.7. The van der Waals surface area contributed by atoms with Crippen molar-refractivity contribution in [2.75, 3.05) is 13.7 Å². The van der Waals surface area contributed by atoms with Gasteiger partial charge in [0.1, 0.15) is 12.4 Å². The Kier molecular flexibility index (Phi) is 10.9. The van der Waals surface area contributed by atoms with E-state index in [4.69, 9.17) is 24.1 Å². The number of rotatable bonds is 11. The van der Waals surface area contributed by atoms with Gasteiger partial charge >= 0.3 is 11.9 Å². The zero-order valence-corrected chi connectivity index (χ0v) is 30.7. The third-order valence-electron chi connectivity index (χ3n) is 7.29. The molecule has 0 aliphatic carbocycles. The van der Waals surface area contributed by atoms with E-state index in [-0.39, 0.29) is 36.0 Å². The van der Waals surface area contributed by atoms with Crippen LogP contribution in [0.25, 0.3) is 6.08 Å². The standard InChI is InChI=1S/C35H32Br2N2O8S/c1-6-45-34(43)29-19(4)38-35-39(30(29)23-11-12-26(47-18(2)3)27(16-23)44-5)32(40)28(48-35)15-21-13-24(36)31(25(37)14-21)46-17-20-7-9-22(10-8-20)33(41)42/h7-16,18,30H,6,17H2,1-5H3,(H,41,42)/b28-15-/t30-/m0/s1. The minimum Gasteiger partial charge on any atom is -0.493 e. The van der Waals surface area contributed by atoms with Crippen LogP contribution in [0, 0.1) is 0 Å². The lowest BCUT2D eigenvalue weighted by Gasteiger charge is -2.25. The molecule has 4 aromatic rings. The molecule has 250 valence electrons. The monoisotopic (exact) mass is 798 g/mol. The minimum absolute atomic E-state index is 0.0850. The first-order chi connectivity index (χ1) is 22.9. The summed E-state index contributed by atoms with van der Waals surface area (Å²) in [4.78, 5) is 43.7. The van der Waals surface area contributed by atoms with Gasteiger partial charge in [-0.1, -0.05) is 29.5 Å². The van der Waals surface area contributed by atoms with Gasteiger partial charge in [0.05, 0.1) is 56.2 Å². The van der Waals surface area contributed by atoms with E-state index in [0.717, 1.165) is 5.56 Å². The predicted octanol–water partition coefficient (Wildman–Crippen LogP) is 6.40. The van der Waals surface area contributed by atoms with Gasteiger partial charge in [0.2, 0.25) is 0 Å². The molecular formula is C35H32Br2N2O8S. The first-order valence-corrected chi connectivity index (χ1v) is 17.3. The van der Waals surface area contributed by atoms with Crippen LogP contribution in [0.1, 0.15) is 60.8 Å². The second-order valence-corrected chi connectivity index (χ2v) is 13.7. The Balaban J connectivity index is 1.54. The van der Waals surface area contributed by atoms with E-state index in [1.54, 1.807) is 44.2 Å². The van der Waals surface area contributed by atoms with E-state index in [0.29, 0.717) is 52.4 Å². The Bertz CT molecular complexity index is 2080. The molecule has 0 amide bonds. The molecular weight excluding hydrogens is 768 g/mol. The van der Waals surface area contributed by atoms with Crippen LogP contribution < -0.4 is 29.1 Å². The number of aromatic nitrogens is 1. The van der Waals surface area contributed by atoms with Crippen molar-refractivity contribution in [3.05, 3.63) is 117 Å². The number of allylic oxidation sites excluding steroid dienone is 1. The third-order valence-corrected chi connectivity index (χ3v) is 9.45. The van der Waals surface area contributed by atoms with Crippen molar-refractivity contribution in [3.63, 3.8) is 0 Å². The van der Waals surface area contributed by atoms with E-state index in [1.165, 1.54) is 35.1 Å². The second-order valence-electron chi connectivity index (χ2n) is 11.0. The summed E-state index contributed by atoms with van der Waals surface area (Å²) >= 11 is 8.38. The van der Waals surface area contributed by atoms with Gasteiger partial charge in [-0.05, 0) is 119 Å². The average Bonchev–Trinajstić information content (AvgIpc) is 3.33. The van der Waals surface area contributed by atoms with Crippen molar-refractivity contribution in [1.29, 1.82) is 0 Å². The molecule has 0 saturated heterocycles. The maximum atomic E-state index is 14.1. The first-order valence-electron chi connectivity index (χ1n) is 14.9. The Labute approximate surface area is 297 Å². The van der Waals surface area contributed by atoms with Crippen LogP contribution in [-0.2, 0) is 16.1 Å². The Hall–Kier alpha value is -4.20. The van der Waals surface area contributed by atoms with Crippen LogP contribution in [-0.4, -0.2) is 41.4 Å². The summed E-state index contributed by atoms with van der Waals surface area (Å²) in [6, 6.07) is 14.6. The summed E-state index contributed by atoms with van der Waals surface area (Å²) in [5.74, 6) is 0.00887. The number of carbonyl (C=O) groups is 2. The van der Waals surface area contributed by atoms with Crippen molar-refractivity contribution >= 4 is 61.2 Å². The van der Waals surface area contributed by atoms with Crippen molar-refractivity contribution in [2.45, 2.75) is 46.4 Å². The number of thiazole rings is 1. The van der Waals surface area contributed by atoms with Crippen LogP contribution in [0.2, 0.25) is 0 Å². The lowest BCUT2D eigenvalue weighted by molar-refractivity contribution is -0.139. The highest BCUT2D eigenvalue weighted by molar-refractivity contribution is 9.11. The summed E-state index contributed by atoms with van der Waals surface area (Å²) in [6.45, 7) is 7.67.